The molecule has 0 spiro atoms. The number of carboxylic acid groups (broad SMARTS) is 1. The molecule has 18 heavy (non-hydrogen) atoms. The molecule has 2 heterocycles. The Kier molecular flexibility index (Phi) is 3.01. The van der Waals surface area contributed by atoms with E-state index in [1.54, 1.807) is 20.8 Å². The van der Waals surface area contributed by atoms with Gasteiger partial charge in [0.25, 0.3) is 0 Å². The van der Waals surface area contributed by atoms with Crippen LogP contribution < -0.4 is 5.11 Å². The zero-order chi connectivity index (χ0) is 13.6. The first-order chi connectivity index (χ1) is 8.26. The third-order valence-electron chi connectivity index (χ3n) is 3.34. The number of nitrogens with zero attached hydrogens (tertiary/aromatic N) is 1. The SMILES string of the molecule is CC(C)(C)OC(=O)N1C2CCC1(C(=O)[O-])COC2. The lowest BCUT2D eigenvalue weighted by Crippen LogP contribution is -2.66. The van der Waals surface area contributed by atoms with Crippen LogP contribution in [-0.2, 0) is 14.3 Å². The summed E-state index contributed by atoms with van der Waals surface area (Å²) in [6.45, 7) is 5.58. The zero-order valence-corrected chi connectivity index (χ0v) is 10.9. The quantitative estimate of drug-likeness (QED) is 0.655. The van der Waals surface area contributed by atoms with E-state index in [-0.39, 0.29) is 12.6 Å². The van der Waals surface area contributed by atoms with E-state index in [9.17, 15) is 14.7 Å². The van der Waals surface area contributed by atoms with Crippen LogP contribution >= 0.6 is 0 Å². The molecule has 0 N–H and O–H groups in total. The molecule has 2 atom stereocenters. The lowest BCUT2D eigenvalue weighted by molar-refractivity contribution is -0.321. The molecule has 2 rings (SSSR count). The maximum atomic E-state index is 12.1. The lowest BCUT2D eigenvalue weighted by atomic mass is 9.98. The van der Waals surface area contributed by atoms with Crippen molar-refractivity contribution in [1.82, 2.24) is 4.90 Å². The Morgan fingerprint density at radius 3 is 2.67 bits per heavy atom. The van der Waals surface area contributed by atoms with Crippen molar-refractivity contribution in [2.24, 2.45) is 0 Å². The maximum absolute atomic E-state index is 12.1. The predicted molar refractivity (Wildman–Crippen MR) is 59.7 cm³/mol. The van der Waals surface area contributed by atoms with Crippen LogP contribution in [0.1, 0.15) is 33.6 Å². The highest BCUT2D eigenvalue weighted by Gasteiger charge is 2.54. The molecule has 0 aliphatic carbocycles. The van der Waals surface area contributed by atoms with Gasteiger partial charge in [0.05, 0.1) is 25.2 Å². The Labute approximate surface area is 106 Å². The van der Waals surface area contributed by atoms with E-state index < -0.39 is 23.2 Å². The van der Waals surface area contributed by atoms with Crippen molar-refractivity contribution in [3.63, 3.8) is 0 Å². The summed E-state index contributed by atoms with van der Waals surface area (Å²) in [4.78, 5) is 24.8. The van der Waals surface area contributed by atoms with E-state index in [1.807, 2.05) is 0 Å². The standard InChI is InChI=1S/C12H19NO5/c1-11(2,3)18-10(16)13-8-4-5-12(13,9(14)15)7-17-6-8/h8H,4-7H2,1-3H3,(H,14,15)/p-1. The fraction of sp³-hybridized carbons (Fsp3) is 0.833. The number of ether oxygens (including phenoxy) is 2. The van der Waals surface area contributed by atoms with E-state index in [1.165, 1.54) is 4.90 Å². The second-order valence-corrected chi connectivity index (χ2v) is 5.88. The van der Waals surface area contributed by atoms with Crippen LogP contribution in [-0.4, -0.2) is 47.4 Å². The van der Waals surface area contributed by atoms with E-state index in [0.717, 1.165) is 0 Å². The molecule has 2 fully saturated rings. The number of hydrogen-bond acceptors (Lipinski definition) is 5. The zero-order valence-electron chi connectivity index (χ0n) is 10.9. The summed E-state index contributed by atoms with van der Waals surface area (Å²) < 4.78 is 10.5. The van der Waals surface area contributed by atoms with Crippen molar-refractivity contribution in [3.8, 4) is 0 Å². The minimum Gasteiger partial charge on any atom is -0.547 e. The molecular weight excluding hydrogens is 238 g/mol. The summed E-state index contributed by atoms with van der Waals surface area (Å²) in [7, 11) is 0. The second kappa shape index (κ2) is 4.12. The minimum absolute atomic E-state index is 0.0227. The second-order valence-electron chi connectivity index (χ2n) is 5.88. The summed E-state index contributed by atoms with van der Waals surface area (Å²) in [6, 6.07) is -0.230. The van der Waals surface area contributed by atoms with Gasteiger partial charge in [-0.05, 0) is 33.6 Å². The smallest absolute Gasteiger partial charge is 0.411 e. The van der Waals surface area contributed by atoms with Crippen molar-refractivity contribution in [3.05, 3.63) is 0 Å². The molecule has 0 saturated carbocycles. The van der Waals surface area contributed by atoms with E-state index in [2.05, 4.69) is 0 Å². The summed E-state index contributed by atoms with van der Waals surface area (Å²) in [5.74, 6) is -1.27. The van der Waals surface area contributed by atoms with Gasteiger partial charge in [-0.2, -0.15) is 0 Å². The molecule has 6 heteroatoms. The Bertz CT molecular complexity index is 371. The highest BCUT2D eigenvalue weighted by atomic mass is 16.6. The number of hydrogen-bond donors (Lipinski definition) is 0. The fourth-order valence-corrected chi connectivity index (χ4v) is 2.56. The number of amides is 1. The minimum atomic E-state index is -1.36. The van der Waals surface area contributed by atoms with Crippen LogP contribution in [0.15, 0.2) is 0 Å². The Morgan fingerprint density at radius 2 is 2.11 bits per heavy atom. The number of carbonyl (C=O) groups excluding carboxylic acids is 2. The normalized spacial score (nSPS) is 31.3. The van der Waals surface area contributed by atoms with Crippen LogP contribution in [0.25, 0.3) is 0 Å². The molecule has 0 aromatic carbocycles. The van der Waals surface area contributed by atoms with Crippen molar-refractivity contribution < 1.29 is 24.2 Å². The largest absolute Gasteiger partial charge is 0.547 e. The topological polar surface area (TPSA) is 78.9 Å². The average Bonchev–Trinajstić information content (AvgIpc) is 2.45. The first kappa shape index (κ1) is 13.1. The number of fused-ring (bicyclic) bond motifs is 2. The highest BCUT2D eigenvalue weighted by molar-refractivity contribution is 5.84. The molecule has 0 aromatic rings. The van der Waals surface area contributed by atoms with Crippen LogP contribution in [0.5, 0.6) is 0 Å². The lowest BCUT2D eigenvalue weighted by Gasteiger charge is -2.44. The molecule has 2 aliphatic rings. The van der Waals surface area contributed by atoms with Crippen LogP contribution in [0.3, 0.4) is 0 Å². The number of carboxylic acids is 1. The summed E-state index contributed by atoms with van der Waals surface area (Å²) >= 11 is 0. The van der Waals surface area contributed by atoms with Gasteiger partial charge in [0.1, 0.15) is 11.1 Å². The van der Waals surface area contributed by atoms with Gasteiger partial charge in [0, 0.05) is 0 Å². The fourth-order valence-electron chi connectivity index (χ4n) is 2.56. The predicted octanol–water partition coefficient (Wildman–Crippen LogP) is -0.0952. The maximum Gasteiger partial charge on any atom is 0.411 e. The summed E-state index contributed by atoms with van der Waals surface area (Å²) in [6.07, 6.45) is 0.365. The van der Waals surface area contributed by atoms with E-state index in [0.29, 0.717) is 19.4 Å². The van der Waals surface area contributed by atoms with Gasteiger partial charge >= 0.3 is 6.09 Å². The number of morpholine rings is 1. The molecular formula is C12H18NO5-. The highest BCUT2D eigenvalue weighted by Crippen LogP contribution is 2.38. The Morgan fingerprint density at radius 1 is 1.44 bits per heavy atom. The van der Waals surface area contributed by atoms with Crippen molar-refractivity contribution >= 4 is 12.1 Å². The molecule has 2 saturated heterocycles. The number of rotatable bonds is 1. The van der Waals surface area contributed by atoms with Gasteiger partial charge in [-0.3, -0.25) is 4.90 Å². The van der Waals surface area contributed by atoms with Crippen molar-refractivity contribution in [2.75, 3.05) is 13.2 Å². The first-order valence-electron chi connectivity index (χ1n) is 6.08. The first-order valence-corrected chi connectivity index (χ1v) is 6.08. The van der Waals surface area contributed by atoms with Gasteiger partial charge in [-0.1, -0.05) is 0 Å². The van der Waals surface area contributed by atoms with Gasteiger partial charge < -0.3 is 19.4 Å². The van der Waals surface area contributed by atoms with Crippen molar-refractivity contribution in [1.29, 1.82) is 0 Å². The molecule has 2 bridgehead atoms. The van der Waals surface area contributed by atoms with Gasteiger partial charge in [0.15, 0.2) is 0 Å². The third-order valence-corrected chi connectivity index (χ3v) is 3.34. The summed E-state index contributed by atoms with van der Waals surface area (Å²) in [5, 5.41) is 11.4. The molecule has 6 nitrogen and oxygen atoms in total. The molecule has 0 aromatic heterocycles. The van der Waals surface area contributed by atoms with E-state index in [4.69, 9.17) is 9.47 Å². The monoisotopic (exact) mass is 256 g/mol. The Hall–Kier alpha value is -1.30. The van der Waals surface area contributed by atoms with E-state index >= 15 is 0 Å². The number of aliphatic carboxylic acids is 1. The van der Waals surface area contributed by atoms with Gasteiger partial charge in [-0.25, -0.2) is 4.79 Å². The van der Waals surface area contributed by atoms with Crippen molar-refractivity contribution in [2.45, 2.75) is 50.8 Å². The molecule has 2 aliphatic heterocycles. The molecule has 0 radical (unpaired) electrons. The average molecular weight is 256 g/mol. The molecule has 102 valence electrons. The van der Waals surface area contributed by atoms with Crippen LogP contribution in [0.4, 0.5) is 4.79 Å². The number of carbonyl (C=O) groups is 2. The van der Waals surface area contributed by atoms with Gasteiger partial charge in [-0.15, -0.1) is 0 Å². The van der Waals surface area contributed by atoms with Crippen LogP contribution in [0.2, 0.25) is 0 Å². The van der Waals surface area contributed by atoms with Crippen LogP contribution in [0, 0.1) is 0 Å². The molecule has 2 unspecified atom stereocenters. The van der Waals surface area contributed by atoms with Gasteiger partial charge in [0.2, 0.25) is 0 Å². The summed E-state index contributed by atoms with van der Waals surface area (Å²) in [5.41, 5.74) is -2.01. The molecule has 1 amide bonds. The Balaban J connectivity index is 2.25. The third kappa shape index (κ3) is 2.05.